The van der Waals surface area contributed by atoms with Crippen molar-refractivity contribution in [3.8, 4) is 10.6 Å². The number of aryl methyl sites for hydroxylation is 1. The molecule has 3 aromatic rings. The van der Waals surface area contributed by atoms with Crippen LogP contribution in [-0.4, -0.2) is 42.4 Å². The number of halogens is 1. The monoisotopic (exact) mass is 436 g/mol. The highest BCUT2D eigenvalue weighted by Crippen LogP contribution is 2.26. The van der Waals surface area contributed by atoms with Crippen molar-refractivity contribution in [1.29, 1.82) is 0 Å². The van der Waals surface area contributed by atoms with Gasteiger partial charge in [0.1, 0.15) is 5.01 Å². The maximum Gasteiger partial charge on any atom is 0.243 e. The van der Waals surface area contributed by atoms with Gasteiger partial charge in [0.2, 0.25) is 21.1 Å². The van der Waals surface area contributed by atoms with E-state index in [0.29, 0.717) is 15.2 Å². The van der Waals surface area contributed by atoms with Gasteiger partial charge in [-0.25, -0.2) is 8.42 Å². The molecule has 0 bridgehead atoms. The highest BCUT2D eigenvalue weighted by atomic mass is 35.5. The van der Waals surface area contributed by atoms with Crippen LogP contribution in [0.3, 0.4) is 0 Å². The summed E-state index contributed by atoms with van der Waals surface area (Å²) in [5.41, 5.74) is 2.03. The van der Waals surface area contributed by atoms with Gasteiger partial charge < -0.3 is 0 Å². The van der Waals surface area contributed by atoms with Gasteiger partial charge in [-0.2, -0.15) is 4.31 Å². The molecule has 2 aromatic carbocycles. The van der Waals surface area contributed by atoms with Crippen molar-refractivity contribution in [3.05, 3.63) is 59.1 Å². The Balaban J connectivity index is 1.65. The van der Waals surface area contributed by atoms with Crippen molar-refractivity contribution < 1.29 is 13.2 Å². The Hall–Kier alpha value is -2.33. The summed E-state index contributed by atoms with van der Waals surface area (Å²) in [5, 5.41) is 12.0. The number of carbonyl (C=O) groups excluding carboxylic acids is 1. The number of hydrogen-bond acceptors (Lipinski definition) is 6. The van der Waals surface area contributed by atoms with Crippen LogP contribution in [0.2, 0.25) is 5.02 Å². The van der Waals surface area contributed by atoms with Crippen molar-refractivity contribution in [2.45, 2.75) is 11.8 Å². The second kappa shape index (κ2) is 8.36. The molecule has 10 heteroatoms. The van der Waals surface area contributed by atoms with Gasteiger partial charge in [-0.3, -0.25) is 10.1 Å². The van der Waals surface area contributed by atoms with E-state index in [0.717, 1.165) is 15.4 Å². The molecule has 28 heavy (non-hydrogen) atoms. The van der Waals surface area contributed by atoms with Gasteiger partial charge in [0.25, 0.3) is 0 Å². The molecule has 1 amide bonds. The van der Waals surface area contributed by atoms with Crippen LogP contribution in [0.15, 0.2) is 53.4 Å². The number of amides is 1. The lowest BCUT2D eigenvalue weighted by Crippen LogP contribution is -2.34. The van der Waals surface area contributed by atoms with E-state index in [1.54, 1.807) is 0 Å². The van der Waals surface area contributed by atoms with Gasteiger partial charge in [0.15, 0.2) is 0 Å². The van der Waals surface area contributed by atoms with Crippen LogP contribution in [0.25, 0.3) is 10.6 Å². The number of sulfonamides is 1. The second-order valence-corrected chi connectivity index (χ2v) is 9.50. The Kier molecular flexibility index (Phi) is 6.09. The van der Waals surface area contributed by atoms with Crippen molar-refractivity contribution in [1.82, 2.24) is 14.5 Å². The summed E-state index contributed by atoms with van der Waals surface area (Å²) in [6.07, 6.45) is 0. The summed E-state index contributed by atoms with van der Waals surface area (Å²) < 4.78 is 26.0. The van der Waals surface area contributed by atoms with Crippen molar-refractivity contribution in [3.63, 3.8) is 0 Å². The number of rotatable bonds is 6. The maximum absolute atomic E-state index is 12.5. The number of benzene rings is 2. The standard InChI is InChI=1S/C18H17ClN4O3S2/c1-12-3-5-13(6-4-12)17-21-22-18(27-17)20-16(24)11-23(2)28(25,26)15-9-7-14(19)8-10-15/h3-10H,11H2,1-2H3,(H,20,22,24). The molecule has 0 fully saturated rings. The number of carbonyl (C=O) groups is 1. The van der Waals surface area contributed by atoms with E-state index >= 15 is 0 Å². The second-order valence-electron chi connectivity index (χ2n) is 6.04. The average Bonchev–Trinajstić information content (AvgIpc) is 3.10. The van der Waals surface area contributed by atoms with Gasteiger partial charge in [0, 0.05) is 17.6 Å². The van der Waals surface area contributed by atoms with Gasteiger partial charge in [-0.15, -0.1) is 10.2 Å². The number of hydrogen-bond donors (Lipinski definition) is 1. The molecule has 0 aliphatic carbocycles. The molecule has 0 aliphatic heterocycles. The van der Waals surface area contributed by atoms with E-state index in [4.69, 9.17) is 11.6 Å². The van der Waals surface area contributed by atoms with Crippen LogP contribution in [0.5, 0.6) is 0 Å². The zero-order valence-corrected chi connectivity index (χ0v) is 17.5. The van der Waals surface area contributed by atoms with Crippen molar-refractivity contribution >= 4 is 44.0 Å². The SMILES string of the molecule is Cc1ccc(-c2nnc(NC(=O)CN(C)S(=O)(=O)c3ccc(Cl)cc3)s2)cc1. The molecule has 1 N–H and O–H groups in total. The topological polar surface area (TPSA) is 92.3 Å². The minimum Gasteiger partial charge on any atom is -0.299 e. The zero-order valence-electron chi connectivity index (χ0n) is 15.1. The third kappa shape index (κ3) is 4.74. The van der Waals surface area contributed by atoms with Gasteiger partial charge in [-0.05, 0) is 31.2 Å². The third-order valence-electron chi connectivity index (χ3n) is 3.86. The molecule has 0 spiro atoms. The average molecular weight is 437 g/mol. The first-order valence-corrected chi connectivity index (χ1v) is 10.8. The molecule has 0 atom stereocenters. The molecule has 0 saturated carbocycles. The molecule has 1 aromatic heterocycles. The first-order valence-electron chi connectivity index (χ1n) is 8.18. The van der Waals surface area contributed by atoms with Crippen molar-refractivity contribution in [2.75, 3.05) is 18.9 Å². The highest BCUT2D eigenvalue weighted by molar-refractivity contribution is 7.89. The Labute approximate surface area is 172 Å². The highest BCUT2D eigenvalue weighted by Gasteiger charge is 2.23. The van der Waals surface area contributed by atoms with Gasteiger partial charge in [-0.1, -0.05) is 52.8 Å². The van der Waals surface area contributed by atoms with E-state index in [-0.39, 0.29) is 11.4 Å². The fraction of sp³-hybridized carbons (Fsp3) is 0.167. The molecule has 0 unspecified atom stereocenters. The minimum atomic E-state index is -3.80. The first-order chi connectivity index (χ1) is 13.3. The van der Waals surface area contributed by atoms with Crippen LogP contribution < -0.4 is 5.32 Å². The Morgan fingerprint density at radius 3 is 2.39 bits per heavy atom. The Bertz CT molecular complexity index is 1080. The molecule has 0 saturated heterocycles. The number of anilines is 1. The Morgan fingerprint density at radius 1 is 1.11 bits per heavy atom. The van der Waals surface area contributed by atoms with Crippen LogP contribution in [0.1, 0.15) is 5.56 Å². The number of likely N-dealkylation sites (N-methyl/N-ethyl adjacent to an activating group) is 1. The summed E-state index contributed by atoms with van der Waals surface area (Å²) in [4.78, 5) is 12.3. The van der Waals surface area contributed by atoms with Crippen LogP contribution in [0.4, 0.5) is 5.13 Å². The number of nitrogens with one attached hydrogen (secondary N) is 1. The zero-order chi connectivity index (χ0) is 20.3. The molecular weight excluding hydrogens is 420 g/mol. The van der Waals surface area contributed by atoms with E-state index in [1.807, 2.05) is 31.2 Å². The quantitative estimate of drug-likeness (QED) is 0.639. The lowest BCUT2D eigenvalue weighted by molar-refractivity contribution is -0.116. The number of nitrogens with zero attached hydrogens (tertiary/aromatic N) is 3. The van der Waals surface area contributed by atoms with Gasteiger partial charge >= 0.3 is 0 Å². The summed E-state index contributed by atoms with van der Waals surface area (Å²) in [5.74, 6) is -0.508. The van der Waals surface area contributed by atoms with Crippen LogP contribution in [0, 0.1) is 6.92 Å². The summed E-state index contributed by atoms with van der Waals surface area (Å²) in [7, 11) is -2.47. The lowest BCUT2D eigenvalue weighted by Gasteiger charge is -2.16. The first kappa shape index (κ1) is 20.4. The van der Waals surface area contributed by atoms with Crippen molar-refractivity contribution in [2.24, 2.45) is 0 Å². The Morgan fingerprint density at radius 2 is 1.75 bits per heavy atom. The third-order valence-corrected chi connectivity index (χ3v) is 6.82. The molecule has 0 radical (unpaired) electrons. The van der Waals surface area contributed by atoms with Crippen LogP contribution in [-0.2, 0) is 14.8 Å². The molecule has 146 valence electrons. The normalized spacial score (nSPS) is 11.6. The lowest BCUT2D eigenvalue weighted by atomic mass is 10.2. The maximum atomic E-state index is 12.5. The molecule has 3 rings (SSSR count). The largest absolute Gasteiger partial charge is 0.299 e. The fourth-order valence-corrected chi connectivity index (χ4v) is 4.34. The smallest absolute Gasteiger partial charge is 0.243 e. The summed E-state index contributed by atoms with van der Waals surface area (Å²) in [6, 6.07) is 13.5. The van der Waals surface area contributed by atoms with Gasteiger partial charge in [0.05, 0.1) is 11.4 Å². The minimum absolute atomic E-state index is 0.0600. The summed E-state index contributed by atoms with van der Waals surface area (Å²) in [6.45, 7) is 1.63. The van der Waals surface area contributed by atoms with E-state index < -0.39 is 15.9 Å². The molecule has 7 nitrogen and oxygen atoms in total. The molecule has 1 heterocycles. The molecular formula is C18H17ClN4O3S2. The summed E-state index contributed by atoms with van der Waals surface area (Å²) >= 11 is 7.00. The van der Waals surface area contributed by atoms with E-state index in [1.165, 1.54) is 42.6 Å². The predicted octanol–water partition coefficient (Wildman–Crippen LogP) is 3.43. The van der Waals surface area contributed by atoms with E-state index in [9.17, 15) is 13.2 Å². The fourth-order valence-electron chi connectivity index (χ4n) is 2.32. The predicted molar refractivity (Wildman–Crippen MR) is 110 cm³/mol. The van der Waals surface area contributed by atoms with E-state index in [2.05, 4.69) is 15.5 Å². The number of aromatic nitrogens is 2. The molecule has 0 aliphatic rings. The van der Waals surface area contributed by atoms with Crippen LogP contribution >= 0.6 is 22.9 Å².